The van der Waals surface area contributed by atoms with Gasteiger partial charge in [0.15, 0.2) is 5.82 Å². The molecule has 17 heteroatoms. The summed E-state index contributed by atoms with van der Waals surface area (Å²) in [5.74, 6) is -3.47. The molecule has 1 amide bonds. The van der Waals surface area contributed by atoms with Gasteiger partial charge in [-0.15, -0.1) is 0 Å². The van der Waals surface area contributed by atoms with Gasteiger partial charge in [0.25, 0.3) is 0 Å². The van der Waals surface area contributed by atoms with Crippen molar-refractivity contribution in [3.05, 3.63) is 65.8 Å². The molecule has 1 aliphatic heterocycles. The van der Waals surface area contributed by atoms with E-state index in [1.165, 1.54) is 0 Å². The lowest BCUT2D eigenvalue weighted by molar-refractivity contribution is -0.145. The van der Waals surface area contributed by atoms with E-state index < -0.39 is 75.6 Å². The summed E-state index contributed by atoms with van der Waals surface area (Å²) in [5, 5.41) is 2.27. The van der Waals surface area contributed by atoms with E-state index in [4.69, 9.17) is 0 Å². The van der Waals surface area contributed by atoms with Gasteiger partial charge in [-0.25, -0.2) is 32.7 Å². The maximum absolute atomic E-state index is 13.6. The van der Waals surface area contributed by atoms with Gasteiger partial charge in [-0.2, -0.15) is 30.6 Å². The molecule has 0 radical (unpaired) electrons. The second-order valence-corrected chi connectivity index (χ2v) is 10.6. The average molecular weight is 592 g/mol. The van der Waals surface area contributed by atoms with E-state index in [0.29, 0.717) is 18.6 Å². The number of hydrogen-bond acceptors (Lipinski definition) is 7. The summed E-state index contributed by atoms with van der Waals surface area (Å²) < 4.78 is 120. The normalized spacial score (nSPS) is 18.6. The topological polar surface area (TPSA) is 118 Å². The minimum atomic E-state index is -4.95. The van der Waals surface area contributed by atoms with E-state index in [0.717, 1.165) is 28.6 Å². The fraction of sp³-hybridized carbons (Fsp3) is 0.348. The Morgan fingerprint density at radius 2 is 1.60 bits per heavy atom. The lowest BCUT2D eigenvalue weighted by Crippen LogP contribution is -2.48. The minimum absolute atomic E-state index is 0.0669. The number of sulfonamides is 1. The van der Waals surface area contributed by atoms with Crippen LogP contribution >= 0.6 is 0 Å². The third-order valence-electron chi connectivity index (χ3n) is 6.06. The van der Waals surface area contributed by atoms with Crippen molar-refractivity contribution in [3.63, 3.8) is 0 Å². The molecule has 1 saturated heterocycles. The lowest BCUT2D eigenvalue weighted by Gasteiger charge is -2.27. The molecule has 214 valence electrons. The highest BCUT2D eigenvalue weighted by atomic mass is 32.2. The molecule has 3 heterocycles. The van der Waals surface area contributed by atoms with Crippen molar-refractivity contribution in [2.24, 2.45) is 0 Å². The van der Waals surface area contributed by atoms with Gasteiger partial charge in [0, 0.05) is 24.6 Å². The number of carbonyl (C=O) groups excluding carboxylic acids is 1. The van der Waals surface area contributed by atoms with E-state index in [9.17, 15) is 43.9 Å². The Labute approximate surface area is 222 Å². The van der Waals surface area contributed by atoms with Gasteiger partial charge in [-0.3, -0.25) is 4.79 Å². The van der Waals surface area contributed by atoms with E-state index in [-0.39, 0.29) is 23.3 Å². The van der Waals surface area contributed by atoms with Gasteiger partial charge in [0.1, 0.15) is 11.9 Å². The maximum Gasteiger partial charge on any atom is 0.451 e. The first kappa shape index (κ1) is 29.3. The van der Waals surface area contributed by atoms with Crippen LogP contribution in [0.15, 0.2) is 47.8 Å². The summed E-state index contributed by atoms with van der Waals surface area (Å²) in [5.41, 5.74) is -2.25. The zero-order valence-electron chi connectivity index (χ0n) is 20.3. The van der Waals surface area contributed by atoms with Crippen molar-refractivity contribution in [2.75, 3.05) is 0 Å². The second kappa shape index (κ2) is 10.7. The van der Waals surface area contributed by atoms with Crippen molar-refractivity contribution in [1.82, 2.24) is 29.6 Å². The number of benzene rings is 1. The predicted octanol–water partition coefficient (Wildman–Crippen LogP) is 3.97. The number of amides is 1. The molecule has 0 aliphatic carbocycles. The number of halogens is 7. The zero-order valence-corrected chi connectivity index (χ0v) is 21.1. The molecule has 0 saturated carbocycles. The molecule has 40 heavy (non-hydrogen) atoms. The van der Waals surface area contributed by atoms with Crippen LogP contribution in [0.2, 0.25) is 0 Å². The van der Waals surface area contributed by atoms with Crippen LogP contribution in [0.3, 0.4) is 0 Å². The molecule has 1 aliphatic rings. The number of nitrogens with one attached hydrogen (secondary N) is 1. The summed E-state index contributed by atoms with van der Waals surface area (Å²) >= 11 is 0. The summed E-state index contributed by atoms with van der Waals surface area (Å²) in [6, 6.07) is 2.04. The maximum atomic E-state index is 13.6. The Hall–Kier alpha value is -3.73. The van der Waals surface area contributed by atoms with Crippen molar-refractivity contribution >= 4 is 15.9 Å². The van der Waals surface area contributed by atoms with E-state index >= 15 is 0 Å². The standard InChI is InChI=1S/C23H19F7N6O3S/c1-12-2-7-18(36(12)40(38,39)15-5-3-14(24)4-6-15)20(37)32-11-17-16(22(25,26)27)10-31-19(35-17)13-8-33-21(34-9-13)23(28,29)30/h3-6,8-10,12,18H,2,7,11H2,1H3,(H,32,37)/t12-,18-/m0/s1. The minimum Gasteiger partial charge on any atom is -0.349 e. The summed E-state index contributed by atoms with van der Waals surface area (Å²) in [6.45, 7) is 0.749. The highest BCUT2D eigenvalue weighted by molar-refractivity contribution is 7.89. The molecular formula is C23H19F7N6O3S. The van der Waals surface area contributed by atoms with Crippen LogP contribution in [-0.2, 0) is 33.7 Å². The smallest absolute Gasteiger partial charge is 0.349 e. The van der Waals surface area contributed by atoms with Crippen LogP contribution in [0.5, 0.6) is 0 Å². The summed E-state index contributed by atoms with van der Waals surface area (Å²) in [4.78, 5) is 26.3. The van der Waals surface area contributed by atoms with E-state index in [1.807, 2.05) is 0 Å². The van der Waals surface area contributed by atoms with Crippen LogP contribution in [0.4, 0.5) is 30.7 Å². The Kier molecular flexibility index (Phi) is 7.81. The van der Waals surface area contributed by atoms with Gasteiger partial charge in [0.2, 0.25) is 21.8 Å². The summed E-state index contributed by atoms with van der Waals surface area (Å²) in [6.07, 6.45) is -7.66. The molecule has 3 aromatic rings. The van der Waals surface area contributed by atoms with Gasteiger partial charge in [0.05, 0.1) is 28.3 Å². The molecule has 2 atom stereocenters. The van der Waals surface area contributed by atoms with Gasteiger partial charge < -0.3 is 5.32 Å². The Bertz CT molecular complexity index is 1500. The molecule has 0 bridgehead atoms. The molecule has 2 aromatic heterocycles. The second-order valence-electron chi connectivity index (χ2n) is 8.79. The van der Waals surface area contributed by atoms with Gasteiger partial charge in [-0.1, -0.05) is 0 Å². The zero-order chi connectivity index (χ0) is 29.5. The van der Waals surface area contributed by atoms with E-state index in [1.54, 1.807) is 6.92 Å². The molecule has 9 nitrogen and oxygen atoms in total. The first-order chi connectivity index (χ1) is 18.6. The third kappa shape index (κ3) is 6.04. The van der Waals surface area contributed by atoms with Crippen molar-refractivity contribution in [3.8, 4) is 11.4 Å². The van der Waals surface area contributed by atoms with Crippen LogP contribution in [0.1, 0.15) is 36.8 Å². The van der Waals surface area contributed by atoms with Crippen LogP contribution in [0.25, 0.3) is 11.4 Å². The van der Waals surface area contributed by atoms with Crippen molar-refractivity contribution in [2.45, 2.75) is 55.6 Å². The highest BCUT2D eigenvalue weighted by Crippen LogP contribution is 2.34. The Morgan fingerprint density at radius 3 is 2.17 bits per heavy atom. The number of aromatic nitrogens is 4. The molecule has 0 spiro atoms. The molecule has 0 unspecified atom stereocenters. The van der Waals surface area contributed by atoms with Crippen molar-refractivity contribution < 1.29 is 43.9 Å². The quantitative estimate of drug-likeness (QED) is 0.431. The lowest BCUT2D eigenvalue weighted by atomic mass is 10.1. The Balaban J connectivity index is 1.59. The fourth-order valence-corrected chi connectivity index (χ4v) is 5.99. The largest absolute Gasteiger partial charge is 0.451 e. The van der Waals surface area contributed by atoms with Crippen LogP contribution in [0, 0.1) is 5.82 Å². The van der Waals surface area contributed by atoms with Crippen molar-refractivity contribution in [1.29, 1.82) is 0 Å². The third-order valence-corrected chi connectivity index (χ3v) is 8.10. The summed E-state index contributed by atoms with van der Waals surface area (Å²) in [7, 11) is -4.26. The number of alkyl halides is 6. The molecule has 4 rings (SSSR count). The molecule has 1 fully saturated rings. The monoisotopic (exact) mass is 592 g/mol. The fourth-order valence-electron chi connectivity index (χ4n) is 4.15. The average Bonchev–Trinajstić information content (AvgIpc) is 3.28. The Morgan fingerprint density at radius 1 is 0.975 bits per heavy atom. The molecule has 1 aromatic carbocycles. The van der Waals surface area contributed by atoms with Gasteiger partial charge in [-0.05, 0) is 44.0 Å². The van der Waals surface area contributed by atoms with Gasteiger partial charge >= 0.3 is 12.4 Å². The SMILES string of the molecule is C[C@H]1CC[C@@H](C(=O)NCc2nc(-c3cnc(C(F)(F)F)nc3)ncc2C(F)(F)F)N1S(=O)(=O)c1ccc(F)cc1. The first-order valence-electron chi connectivity index (χ1n) is 11.5. The highest BCUT2D eigenvalue weighted by Gasteiger charge is 2.44. The van der Waals surface area contributed by atoms with Crippen LogP contribution < -0.4 is 5.32 Å². The number of carbonyl (C=O) groups is 1. The number of nitrogens with zero attached hydrogens (tertiary/aromatic N) is 5. The number of hydrogen-bond donors (Lipinski definition) is 1. The predicted molar refractivity (Wildman–Crippen MR) is 123 cm³/mol. The van der Waals surface area contributed by atoms with E-state index in [2.05, 4.69) is 25.3 Å². The first-order valence-corrected chi connectivity index (χ1v) is 12.9. The molecule has 1 N–H and O–H groups in total. The molecular weight excluding hydrogens is 573 g/mol. The van der Waals surface area contributed by atoms with Crippen LogP contribution in [-0.4, -0.2) is 50.6 Å². The number of rotatable bonds is 6.